The molecule has 0 radical (unpaired) electrons. The van der Waals surface area contributed by atoms with Gasteiger partial charge in [0, 0.05) is 32.2 Å². The van der Waals surface area contributed by atoms with Crippen LogP contribution >= 0.6 is 0 Å². The maximum absolute atomic E-state index is 12.2. The van der Waals surface area contributed by atoms with Gasteiger partial charge in [0.05, 0.1) is 12.7 Å². The van der Waals surface area contributed by atoms with Crippen LogP contribution in [0.4, 0.5) is 0 Å². The summed E-state index contributed by atoms with van der Waals surface area (Å²) in [6, 6.07) is 0.182. The third kappa shape index (κ3) is 9.77. The van der Waals surface area contributed by atoms with E-state index in [-0.39, 0.29) is 18.6 Å². The fourth-order valence-electron chi connectivity index (χ4n) is 3.08. The molecular weight excluding hydrogens is 326 g/mol. The molecule has 146 valence electrons. The molecule has 0 bridgehead atoms. The van der Waals surface area contributed by atoms with Crippen LogP contribution in [0.1, 0.15) is 58.3 Å². The summed E-state index contributed by atoms with van der Waals surface area (Å²) in [5.41, 5.74) is 0. The Balaban J connectivity index is 2.27. The molecule has 1 rings (SSSR count). The topological polar surface area (TPSA) is 96.3 Å². The van der Waals surface area contributed by atoms with Crippen molar-refractivity contribution >= 4 is 11.9 Å². The number of piperidine rings is 1. The highest BCUT2D eigenvalue weighted by Crippen LogP contribution is 2.23. The third-order valence-electron chi connectivity index (χ3n) is 4.34. The highest BCUT2D eigenvalue weighted by atomic mass is 16.5. The number of likely N-dealkylation sites (tertiary alicyclic amines) is 1. The van der Waals surface area contributed by atoms with Crippen molar-refractivity contribution in [2.45, 2.75) is 70.4 Å². The molecule has 25 heavy (non-hydrogen) atoms. The minimum Gasteiger partial charge on any atom is -0.480 e. The minimum atomic E-state index is -0.965. The molecule has 2 N–H and O–H groups in total. The number of rotatable bonds is 14. The highest BCUT2D eigenvalue weighted by Gasteiger charge is 2.27. The van der Waals surface area contributed by atoms with Crippen LogP contribution in [0.25, 0.3) is 0 Å². The fourth-order valence-corrected chi connectivity index (χ4v) is 3.08. The molecule has 0 saturated carbocycles. The van der Waals surface area contributed by atoms with Gasteiger partial charge in [-0.2, -0.15) is 0 Å². The number of carboxylic acid groups (broad SMARTS) is 1. The Morgan fingerprint density at radius 2 is 2.12 bits per heavy atom. The van der Waals surface area contributed by atoms with E-state index in [1.165, 1.54) is 0 Å². The Kier molecular flexibility index (Phi) is 11.4. The van der Waals surface area contributed by atoms with Crippen molar-refractivity contribution in [2.75, 3.05) is 33.0 Å². The summed E-state index contributed by atoms with van der Waals surface area (Å²) in [5, 5.41) is 18.5. The van der Waals surface area contributed by atoms with Crippen LogP contribution in [0.3, 0.4) is 0 Å². The molecule has 2 atom stereocenters. The van der Waals surface area contributed by atoms with Crippen molar-refractivity contribution in [2.24, 2.45) is 0 Å². The number of hydrogen-bond donors (Lipinski definition) is 2. The van der Waals surface area contributed by atoms with E-state index in [4.69, 9.17) is 14.6 Å². The Labute approximate surface area is 150 Å². The molecule has 1 saturated heterocycles. The van der Waals surface area contributed by atoms with Gasteiger partial charge in [0.25, 0.3) is 0 Å². The summed E-state index contributed by atoms with van der Waals surface area (Å²) in [6.07, 6.45) is 5.89. The Morgan fingerprint density at radius 1 is 1.32 bits per heavy atom. The van der Waals surface area contributed by atoms with Gasteiger partial charge in [-0.3, -0.25) is 4.79 Å². The second-order valence-corrected chi connectivity index (χ2v) is 6.59. The number of carbonyl (C=O) groups is 2. The monoisotopic (exact) mass is 359 g/mol. The van der Waals surface area contributed by atoms with E-state index in [0.29, 0.717) is 39.2 Å². The van der Waals surface area contributed by atoms with Crippen LogP contribution in [-0.4, -0.2) is 72.1 Å². The lowest BCUT2D eigenvalue weighted by molar-refractivity contribution is -0.142. The van der Waals surface area contributed by atoms with Gasteiger partial charge in [0.15, 0.2) is 0 Å². The largest absolute Gasteiger partial charge is 0.480 e. The molecule has 0 aromatic rings. The van der Waals surface area contributed by atoms with Gasteiger partial charge < -0.3 is 24.6 Å². The summed E-state index contributed by atoms with van der Waals surface area (Å²) in [7, 11) is 0. The van der Waals surface area contributed by atoms with E-state index in [9.17, 15) is 14.7 Å². The van der Waals surface area contributed by atoms with E-state index >= 15 is 0 Å². The maximum Gasteiger partial charge on any atom is 0.329 e. The van der Waals surface area contributed by atoms with Crippen molar-refractivity contribution in [1.82, 2.24) is 4.90 Å². The molecule has 7 heteroatoms. The number of hydrogen-bond acceptors (Lipinski definition) is 5. The Morgan fingerprint density at radius 3 is 2.84 bits per heavy atom. The van der Waals surface area contributed by atoms with Gasteiger partial charge in [0.2, 0.25) is 5.91 Å². The number of aliphatic carboxylic acids is 1. The van der Waals surface area contributed by atoms with Gasteiger partial charge in [-0.25, -0.2) is 4.79 Å². The van der Waals surface area contributed by atoms with E-state index < -0.39 is 12.1 Å². The SMILES string of the molecule is CCCOCC(O)CC[C@H]1CCCC(=O)N1CCCCOCC(=O)O. The van der Waals surface area contributed by atoms with Gasteiger partial charge >= 0.3 is 5.97 Å². The first kappa shape index (κ1) is 21.9. The molecule has 1 aliphatic heterocycles. The molecule has 0 aliphatic carbocycles. The lowest BCUT2D eigenvalue weighted by Crippen LogP contribution is -2.44. The van der Waals surface area contributed by atoms with Crippen molar-refractivity contribution in [1.29, 1.82) is 0 Å². The number of carboxylic acids is 1. The van der Waals surface area contributed by atoms with Crippen LogP contribution in [0, 0.1) is 0 Å². The van der Waals surface area contributed by atoms with Crippen LogP contribution in [0.2, 0.25) is 0 Å². The predicted molar refractivity (Wildman–Crippen MR) is 93.4 cm³/mol. The number of nitrogens with zero attached hydrogens (tertiary/aromatic N) is 1. The zero-order valence-corrected chi connectivity index (χ0v) is 15.3. The number of ether oxygens (including phenoxy) is 2. The zero-order chi connectivity index (χ0) is 18.5. The zero-order valence-electron chi connectivity index (χ0n) is 15.3. The van der Waals surface area contributed by atoms with Crippen molar-refractivity contribution in [3.8, 4) is 0 Å². The summed E-state index contributed by atoms with van der Waals surface area (Å²) in [4.78, 5) is 24.5. The molecule has 0 spiro atoms. The Hall–Kier alpha value is -1.18. The molecule has 1 aliphatic rings. The van der Waals surface area contributed by atoms with Crippen molar-refractivity contribution in [3.63, 3.8) is 0 Å². The number of aliphatic hydroxyl groups excluding tert-OH is 1. The lowest BCUT2D eigenvalue weighted by Gasteiger charge is -2.36. The molecule has 7 nitrogen and oxygen atoms in total. The van der Waals surface area contributed by atoms with Crippen LogP contribution in [0.5, 0.6) is 0 Å². The molecule has 1 unspecified atom stereocenters. The summed E-state index contributed by atoms with van der Waals surface area (Å²) in [5.74, 6) is -0.785. The first-order chi connectivity index (χ1) is 12.0. The minimum absolute atomic E-state index is 0.180. The van der Waals surface area contributed by atoms with Crippen molar-refractivity contribution < 1.29 is 29.3 Å². The smallest absolute Gasteiger partial charge is 0.329 e. The molecular formula is C18H33NO6. The second kappa shape index (κ2) is 13.1. The highest BCUT2D eigenvalue weighted by molar-refractivity contribution is 5.77. The molecule has 0 aromatic heterocycles. The van der Waals surface area contributed by atoms with Crippen LogP contribution in [0.15, 0.2) is 0 Å². The third-order valence-corrected chi connectivity index (χ3v) is 4.34. The lowest BCUT2D eigenvalue weighted by atomic mass is 9.96. The first-order valence-corrected chi connectivity index (χ1v) is 9.39. The Bertz CT molecular complexity index is 390. The second-order valence-electron chi connectivity index (χ2n) is 6.59. The van der Waals surface area contributed by atoms with E-state index in [1.807, 2.05) is 11.8 Å². The van der Waals surface area contributed by atoms with E-state index in [2.05, 4.69) is 0 Å². The molecule has 1 heterocycles. The van der Waals surface area contributed by atoms with Crippen molar-refractivity contribution in [3.05, 3.63) is 0 Å². The maximum atomic E-state index is 12.2. The van der Waals surface area contributed by atoms with Gasteiger partial charge in [0.1, 0.15) is 6.61 Å². The number of unbranched alkanes of at least 4 members (excludes halogenated alkanes) is 1. The van der Waals surface area contributed by atoms with Gasteiger partial charge in [-0.05, 0) is 44.9 Å². The number of amides is 1. The van der Waals surface area contributed by atoms with Gasteiger partial charge in [-0.15, -0.1) is 0 Å². The first-order valence-electron chi connectivity index (χ1n) is 9.39. The molecule has 1 amide bonds. The standard InChI is InChI=1S/C18H33NO6/c1-2-11-24-13-16(20)9-8-15-6-5-7-17(21)19(15)10-3-4-12-25-14-18(22)23/h15-16,20H,2-14H2,1H3,(H,22,23)/t15-,16?/m1/s1. The van der Waals surface area contributed by atoms with E-state index in [1.54, 1.807) is 0 Å². The number of carbonyl (C=O) groups excluding carboxylic acids is 1. The fraction of sp³-hybridized carbons (Fsp3) is 0.889. The molecule has 0 aromatic carbocycles. The summed E-state index contributed by atoms with van der Waals surface area (Å²) >= 11 is 0. The van der Waals surface area contributed by atoms with Crippen LogP contribution in [-0.2, 0) is 19.1 Å². The number of aliphatic hydroxyl groups is 1. The average Bonchev–Trinajstić information content (AvgIpc) is 2.57. The van der Waals surface area contributed by atoms with E-state index in [0.717, 1.165) is 38.5 Å². The summed E-state index contributed by atoms with van der Waals surface area (Å²) in [6.45, 7) is 3.84. The quantitative estimate of drug-likeness (QED) is 0.459. The predicted octanol–water partition coefficient (Wildman–Crippen LogP) is 1.82. The summed E-state index contributed by atoms with van der Waals surface area (Å²) < 4.78 is 10.4. The van der Waals surface area contributed by atoms with Gasteiger partial charge in [-0.1, -0.05) is 6.92 Å². The van der Waals surface area contributed by atoms with Crippen LogP contribution < -0.4 is 0 Å². The normalized spacial score (nSPS) is 19.2. The average molecular weight is 359 g/mol. The molecule has 1 fully saturated rings.